The SMILES string of the molecule is CCOC(=O)Cc1c(-c2ccc(Cl)cc2)[n+](=O)c2ccccc2n1[O-]. The highest BCUT2D eigenvalue weighted by atomic mass is 35.5. The van der Waals surface area contributed by atoms with Crippen molar-refractivity contribution >= 4 is 28.6 Å². The molecule has 0 saturated carbocycles. The Bertz CT molecular complexity index is 996. The molecule has 0 aliphatic heterocycles. The van der Waals surface area contributed by atoms with E-state index in [0.717, 1.165) is 0 Å². The molecular formula is C18H15ClN2O4. The Labute approximate surface area is 148 Å². The van der Waals surface area contributed by atoms with E-state index in [9.17, 15) is 14.9 Å². The third kappa shape index (κ3) is 3.21. The number of benzene rings is 2. The van der Waals surface area contributed by atoms with E-state index < -0.39 is 5.97 Å². The Kier molecular flexibility index (Phi) is 4.72. The first kappa shape index (κ1) is 17.0. The van der Waals surface area contributed by atoms with E-state index in [0.29, 0.717) is 19.7 Å². The fourth-order valence-corrected chi connectivity index (χ4v) is 2.81. The van der Waals surface area contributed by atoms with Crippen molar-refractivity contribution in [1.82, 2.24) is 4.73 Å². The van der Waals surface area contributed by atoms with Gasteiger partial charge in [-0.05, 0) is 37.3 Å². The lowest BCUT2D eigenvalue weighted by atomic mass is 10.1. The minimum absolute atomic E-state index is 0.0365. The third-order valence-electron chi connectivity index (χ3n) is 3.78. The number of esters is 1. The van der Waals surface area contributed by atoms with Gasteiger partial charge in [0, 0.05) is 16.0 Å². The van der Waals surface area contributed by atoms with Crippen LogP contribution in [0.5, 0.6) is 0 Å². The molecule has 3 aromatic rings. The van der Waals surface area contributed by atoms with Gasteiger partial charge < -0.3 is 14.7 Å². The van der Waals surface area contributed by atoms with Gasteiger partial charge >= 0.3 is 5.97 Å². The van der Waals surface area contributed by atoms with Crippen molar-refractivity contribution in [1.29, 1.82) is 0 Å². The molecule has 0 saturated heterocycles. The standard InChI is InChI=1S/C18H15ClN2O4/c1-2-25-17(22)11-16-18(12-7-9-13(19)10-8-12)21(24)15-6-4-3-5-14(15)20(16)23/h3-10H,2,11H2,1H3. The predicted molar refractivity (Wildman–Crippen MR) is 94.9 cm³/mol. The monoisotopic (exact) mass is 358 g/mol. The molecule has 0 atom stereocenters. The maximum Gasteiger partial charge on any atom is 0.312 e. The van der Waals surface area contributed by atoms with Gasteiger partial charge in [-0.15, -0.1) is 0 Å². The van der Waals surface area contributed by atoms with E-state index in [4.69, 9.17) is 16.3 Å². The summed E-state index contributed by atoms with van der Waals surface area (Å²) >= 11 is 5.90. The molecule has 0 aliphatic rings. The Morgan fingerprint density at radius 1 is 1.20 bits per heavy atom. The normalized spacial score (nSPS) is 10.8. The zero-order valence-electron chi connectivity index (χ0n) is 13.4. The van der Waals surface area contributed by atoms with Crippen molar-refractivity contribution in [3.8, 4) is 11.3 Å². The van der Waals surface area contributed by atoms with Crippen LogP contribution in [0.1, 0.15) is 12.6 Å². The second-order valence-electron chi connectivity index (χ2n) is 5.36. The number of nitrogens with zero attached hydrogens (tertiary/aromatic N) is 2. The molecule has 0 unspecified atom stereocenters. The van der Waals surface area contributed by atoms with Crippen LogP contribution >= 0.6 is 11.6 Å². The molecule has 3 rings (SSSR count). The lowest BCUT2D eigenvalue weighted by Gasteiger charge is -2.18. The molecule has 25 heavy (non-hydrogen) atoms. The van der Waals surface area contributed by atoms with E-state index in [1.165, 1.54) is 6.07 Å². The van der Waals surface area contributed by atoms with Crippen LogP contribution in [-0.2, 0) is 16.0 Å². The van der Waals surface area contributed by atoms with Gasteiger partial charge in [-0.2, -0.15) is 0 Å². The van der Waals surface area contributed by atoms with Gasteiger partial charge in [0.25, 0.3) is 11.2 Å². The van der Waals surface area contributed by atoms with Crippen LogP contribution < -0.4 is 4.43 Å². The summed E-state index contributed by atoms with van der Waals surface area (Å²) in [4.78, 5) is 24.8. The zero-order valence-corrected chi connectivity index (χ0v) is 14.2. The number of ether oxygens (including phenoxy) is 1. The van der Waals surface area contributed by atoms with Gasteiger partial charge in [-0.3, -0.25) is 4.79 Å². The van der Waals surface area contributed by atoms with Crippen molar-refractivity contribution in [3.63, 3.8) is 0 Å². The number of carbonyl (C=O) groups excluding carboxylic acids is 1. The fourth-order valence-electron chi connectivity index (χ4n) is 2.68. The van der Waals surface area contributed by atoms with E-state index in [2.05, 4.69) is 0 Å². The fraction of sp³-hybridized carbons (Fsp3) is 0.167. The summed E-state index contributed by atoms with van der Waals surface area (Å²) in [6.45, 7) is 1.87. The number of halogens is 1. The second-order valence-corrected chi connectivity index (χ2v) is 5.80. The highest BCUT2D eigenvalue weighted by molar-refractivity contribution is 6.30. The minimum Gasteiger partial charge on any atom is -0.805 e. The van der Waals surface area contributed by atoms with Crippen LogP contribution in [0.25, 0.3) is 22.3 Å². The summed E-state index contributed by atoms with van der Waals surface area (Å²) in [6, 6.07) is 12.9. The molecule has 0 fully saturated rings. The second kappa shape index (κ2) is 6.94. The molecule has 128 valence electrons. The van der Waals surface area contributed by atoms with Crippen LogP contribution in [0.3, 0.4) is 0 Å². The highest BCUT2D eigenvalue weighted by Crippen LogP contribution is 2.25. The van der Waals surface area contributed by atoms with Gasteiger partial charge in [-0.1, -0.05) is 23.7 Å². The quantitative estimate of drug-likeness (QED) is 0.529. The third-order valence-corrected chi connectivity index (χ3v) is 4.03. The average molecular weight is 359 g/mol. The lowest BCUT2D eigenvalue weighted by Crippen LogP contribution is -2.26. The first-order valence-corrected chi connectivity index (χ1v) is 8.09. The number of carbonyl (C=O) groups is 1. The Balaban J connectivity index is 2.31. The minimum atomic E-state index is -0.572. The topological polar surface area (TPSA) is 77.3 Å². The number of para-hydroxylation sites is 2. The molecule has 1 aromatic heterocycles. The van der Waals surface area contributed by atoms with Gasteiger partial charge in [0.05, 0.1) is 23.0 Å². The van der Waals surface area contributed by atoms with E-state index in [1.807, 2.05) is 0 Å². The largest absolute Gasteiger partial charge is 0.805 e. The summed E-state index contributed by atoms with van der Waals surface area (Å²) in [6.07, 6.45) is -0.303. The zero-order chi connectivity index (χ0) is 18.0. The number of fused-ring (bicyclic) bond motifs is 1. The summed E-state index contributed by atoms with van der Waals surface area (Å²) in [5.74, 6) is -0.572. The van der Waals surface area contributed by atoms with Crippen LogP contribution in [-0.4, -0.2) is 17.3 Å². The van der Waals surface area contributed by atoms with Crippen LogP contribution in [0.4, 0.5) is 0 Å². The first-order chi connectivity index (χ1) is 12.0. The molecule has 6 nitrogen and oxygen atoms in total. The molecule has 7 heteroatoms. The maximum absolute atomic E-state index is 12.9. The smallest absolute Gasteiger partial charge is 0.312 e. The maximum atomic E-state index is 12.9. The van der Waals surface area contributed by atoms with Crippen LogP contribution in [0.15, 0.2) is 48.5 Å². The van der Waals surface area contributed by atoms with Gasteiger partial charge in [-0.25, -0.2) is 0 Å². The summed E-state index contributed by atoms with van der Waals surface area (Å²) in [5.41, 5.74) is 1.05. The summed E-state index contributed by atoms with van der Waals surface area (Å²) in [7, 11) is 0. The van der Waals surface area contributed by atoms with Gasteiger partial charge in [0.15, 0.2) is 0 Å². The summed E-state index contributed by atoms with van der Waals surface area (Å²) < 4.78 is 6.22. The van der Waals surface area contributed by atoms with E-state index >= 15 is 0 Å². The lowest BCUT2D eigenvalue weighted by molar-refractivity contribution is -0.452. The molecule has 0 amide bonds. The molecule has 0 bridgehead atoms. The molecular weight excluding hydrogens is 344 g/mol. The molecule has 1 heterocycles. The van der Waals surface area contributed by atoms with Crippen molar-refractivity contribution < 1.29 is 14.0 Å². The highest BCUT2D eigenvalue weighted by Gasteiger charge is 2.25. The Morgan fingerprint density at radius 3 is 2.56 bits per heavy atom. The van der Waals surface area contributed by atoms with Crippen LogP contribution in [0.2, 0.25) is 5.02 Å². The van der Waals surface area contributed by atoms with Crippen molar-refractivity contribution in [2.24, 2.45) is 0 Å². The predicted octanol–water partition coefficient (Wildman–Crippen LogP) is 3.33. The van der Waals surface area contributed by atoms with E-state index in [-0.39, 0.29) is 35.4 Å². The molecule has 2 aromatic carbocycles. The number of rotatable bonds is 4. The van der Waals surface area contributed by atoms with Crippen molar-refractivity contribution in [2.45, 2.75) is 13.3 Å². The molecule has 0 aliphatic carbocycles. The van der Waals surface area contributed by atoms with Gasteiger partial charge in [0.2, 0.25) is 0 Å². The molecule has 0 radical (unpaired) electrons. The Morgan fingerprint density at radius 2 is 1.88 bits per heavy atom. The Hall–Kier alpha value is -2.86. The molecule has 0 spiro atoms. The first-order valence-electron chi connectivity index (χ1n) is 7.71. The number of hydrogen-bond donors (Lipinski definition) is 0. The number of aromatic nitrogens is 2. The number of hydrogen-bond acceptors (Lipinski definition) is 4. The van der Waals surface area contributed by atoms with Crippen molar-refractivity contribution in [2.75, 3.05) is 6.61 Å². The van der Waals surface area contributed by atoms with Gasteiger partial charge in [0.1, 0.15) is 11.2 Å². The van der Waals surface area contributed by atoms with Crippen molar-refractivity contribution in [3.05, 3.63) is 69.4 Å². The van der Waals surface area contributed by atoms with Crippen LogP contribution in [0, 0.1) is 10.1 Å². The van der Waals surface area contributed by atoms with E-state index in [1.54, 1.807) is 49.4 Å². The summed E-state index contributed by atoms with van der Waals surface area (Å²) in [5, 5.41) is 13.3. The average Bonchev–Trinajstić information content (AvgIpc) is 2.61. The molecule has 0 N–H and O–H groups in total.